The molecule has 0 amide bonds. The fourth-order valence-electron chi connectivity index (χ4n) is 2.23. The summed E-state index contributed by atoms with van der Waals surface area (Å²) < 4.78 is 115. The van der Waals surface area contributed by atoms with Crippen LogP contribution in [0.2, 0.25) is 0 Å². The summed E-state index contributed by atoms with van der Waals surface area (Å²) in [6, 6.07) is 4.12. The summed E-state index contributed by atoms with van der Waals surface area (Å²) in [5.41, 5.74) is -5.16. The van der Waals surface area contributed by atoms with Crippen LogP contribution >= 0.6 is 0 Å². The van der Waals surface area contributed by atoms with Crippen LogP contribution in [0, 0.1) is 0 Å². The van der Waals surface area contributed by atoms with Gasteiger partial charge in [-0.2, -0.15) is 39.5 Å². The minimum absolute atomic E-state index is 0.0510. The molecule has 0 aromatic heterocycles. The van der Waals surface area contributed by atoms with Gasteiger partial charge in [-0.25, -0.2) is 0 Å². The Hall–Kier alpha value is -2.45. The molecule has 0 aliphatic rings. The highest BCUT2D eigenvalue weighted by molar-refractivity contribution is 5.80. The molecule has 2 aromatic carbocycles. The molecule has 2 aromatic rings. The SMILES string of the molecule is C=C(c1ccc(C(F)(F)F)cc1)c1ccc(C(F)(F)F)cc1C(F)(F)F. The molecule has 0 bridgehead atoms. The van der Waals surface area contributed by atoms with Crippen LogP contribution in [0.15, 0.2) is 49.0 Å². The van der Waals surface area contributed by atoms with Crippen molar-refractivity contribution in [2.75, 3.05) is 0 Å². The molecule has 26 heavy (non-hydrogen) atoms. The van der Waals surface area contributed by atoms with Gasteiger partial charge in [0.1, 0.15) is 0 Å². The van der Waals surface area contributed by atoms with Crippen molar-refractivity contribution in [3.05, 3.63) is 76.9 Å². The van der Waals surface area contributed by atoms with Crippen molar-refractivity contribution in [1.82, 2.24) is 0 Å². The van der Waals surface area contributed by atoms with E-state index >= 15 is 0 Å². The molecule has 0 aliphatic heterocycles. The lowest BCUT2D eigenvalue weighted by Gasteiger charge is -2.18. The molecule has 0 fully saturated rings. The third kappa shape index (κ3) is 4.20. The molecule has 0 spiro atoms. The number of rotatable bonds is 2. The summed E-state index contributed by atoms with van der Waals surface area (Å²) in [4.78, 5) is 0. The monoisotopic (exact) mass is 384 g/mol. The van der Waals surface area contributed by atoms with Crippen molar-refractivity contribution in [1.29, 1.82) is 0 Å². The first kappa shape index (κ1) is 19.9. The highest BCUT2D eigenvalue weighted by Crippen LogP contribution is 2.40. The van der Waals surface area contributed by atoms with Crippen molar-refractivity contribution < 1.29 is 39.5 Å². The predicted molar refractivity (Wildman–Crippen MR) is 76.0 cm³/mol. The number of halogens is 9. The fraction of sp³-hybridized carbons (Fsp3) is 0.176. The third-order valence-electron chi connectivity index (χ3n) is 3.54. The van der Waals surface area contributed by atoms with Gasteiger partial charge in [-0.05, 0) is 41.0 Å². The normalized spacial score (nSPS) is 13.0. The molecule has 0 heterocycles. The molecule has 0 aliphatic carbocycles. The largest absolute Gasteiger partial charge is 0.417 e. The van der Waals surface area contributed by atoms with Gasteiger partial charge in [0.15, 0.2) is 0 Å². The van der Waals surface area contributed by atoms with E-state index < -0.39 is 40.8 Å². The Balaban J connectivity index is 2.52. The van der Waals surface area contributed by atoms with Crippen LogP contribution in [0.1, 0.15) is 27.8 Å². The van der Waals surface area contributed by atoms with E-state index in [1.54, 1.807) is 0 Å². The van der Waals surface area contributed by atoms with Crippen LogP contribution in [-0.2, 0) is 18.5 Å². The van der Waals surface area contributed by atoms with E-state index in [1.807, 2.05) is 0 Å². The molecule has 0 atom stereocenters. The highest BCUT2D eigenvalue weighted by atomic mass is 19.4. The molecule has 0 saturated heterocycles. The van der Waals surface area contributed by atoms with Gasteiger partial charge < -0.3 is 0 Å². The van der Waals surface area contributed by atoms with Crippen LogP contribution < -0.4 is 0 Å². The maximum absolute atomic E-state index is 13.2. The van der Waals surface area contributed by atoms with Gasteiger partial charge in [0.05, 0.1) is 16.7 Å². The average molecular weight is 384 g/mol. The van der Waals surface area contributed by atoms with Gasteiger partial charge >= 0.3 is 18.5 Å². The zero-order chi connectivity index (χ0) is 19.9. The summed E-state index contributed by atoms with van der Waals surface area (Å²) in [6.07, 6.45) is -14.7. The Kier molecular flexibility index (Phi) is 4.87. The van der Waals surface area contributed by atoms with Crippen LogP contribution in [0.25, 0.3) is 5.57 Å². The minimum Gasteiger partial charge on any atom is -0.166 e. The quantitative estimate of drug-likeness (QED) is 0.500. The molecule has 140 valence electrons. The summed E-state index contributed by atoms with van der Waals surface area (Å²) in [6.45, 7) is 3.39. The van der Waals surface area contributed by atoms with Crippen molar-refractivity contribution >= 4 is 5.57 Å². The Morgan fingerprint density at radius 3 is 1.50 bits per heavy atom. The van der Waals surface area contributed by atoms with E-state index in [9.17, 15) is 39.5 Å². The van der Waals surface area contributed by atoms with E-state index in [0.717, 1.165) is 12.1 Å². The Bertz CT molecular complexity index is 806. The second kappa shape index (κ2) is 6.37. The molecular weight excluding hydrogens is 375 g/mol. The highest BCUT2D eigenvalue weighted by Gasteiger charge is 2.38. The first-order valence-corrected chi connectivity index (χ1v) is 6.86. The molecule has 0 nitrogen and oxygen atoms in total. The molecular formula is C17H9F9. The molecule has 2 rings (SSSR count). The Morgan fingerprint density at radius 1 is 0.615 bits per heavy atom. The van der Waals surface area contributed by atoms with Gasteiger partial charge in [-0.15, -0.1) is 0 Å². The Morgan fingerprint density at radius 2 is 1.08 bits per heavy atom. The van der Waals surface area contributed by atoms with Crippen molar-refractivity contribution in [2.45, 2.75) is 18.5 Å². The van der Waals surface area contributed by atoms with E-state index in [0.29, 0.717) is 24.3 Å². The zero-order valence-corrected chi connectivity index (χ0v) is 12.7. The van der Waals surface area contributed by atoms with E-state index in [-0.39, 0.29) is 17.2 Å². The number of hydrogen-bond acceptors (Lipinski definition) is 0. The third-order valence-corrected chi connectivity index (χ3v) is 3.54. The second-order valence-corrected chi connectivity index (χ2v) is 5.31. The van der Waals surface area contributed by atoms with Crippen LogP contribution in [0.5, 0.6) is 0 Å². The first-order chi connectivity index (χ1) is 11.7. The van der Waals surface area contributed by atoms with E-state index in [4.69, 9.17) is 0 Å². The topological polar surface area (TPSA) is 0 Å². The lowest BCUT2D eigenvalue weighted by Crippen LogP contribution is -2.13. The maximum Gasteiger partial charge on any atom is 0.417 e. The van der Waals surface area contributed by atoms with Gasteiger partial charge in [0.25, 0.3) is 0 Å². The van der Waals surface area contributed by atoms with Gasteiger partial charge in [-0.1, -0.05) is 24.8 Å². The van der Waals surface area contributed by atoms with E-state index in [1.165, 1.54) is 0 Å². The fourth-order valence-corrected chi connectivity index (χ4v) is 2.23. The molecule has 0 unspecified atom stereocenters. The molecule has 0 radical (unpaired) electrons. The lowest BCUT2D eigenvalue weighted by atomic mass is 9.93. The van der Waals surface area contributed by atoms with Crippen LogP contribution in [-0.4, -0.2) is 0 Å². The summed E-state index contributed by atoms with van der Waals surface area (Å²) in [5.74, 6) is 0. The summed E-state index contributed by atoms with van der Waals surface area (Å²) >= 11 is 0. The van der Waals surface area contributed by atoms with Gasteiger partial charge in [-0.3, -0.25) is 0 Å². The standard InChI is InChI=1S/C17H9F9/c1-9(10-2-4-11(5-3-10)15(18,19)20)13-7-6-12(16(21,22)23)8-14(13)17(24,25)26/h2-8H,1H2. The first-order valence-electron chi connectivity index (χ1n) is 6.86. The number of hydrogen-bond donors (Lipinski definition) is 0. The van der Waals surface area contributed by atoms with Crippen LogP contribution in [0.3, 0.4) is 0 Å². The van der Waals surface area contributed by atoms with E-state index in [2.05, 4.69) is 6.58 Å². The van der Waals surface area contributed by atoms with Crippen molar-refractivity contribution in [3.63, 3.8) is 0 Å². The van der Waals surface area contributed by atoms with Crippen molar-refractivity contribution in [2.24, 2.45) is 0 Å². The van der Waals surface area contributed by atoms with Crippen molar-refractivity contribution in [3.8, 4) is 0 Å². The molecule has 9 heteroatoms. The number of benzene rings is 2. The zero-order valence-electron chi connectivity index (χ0n) is 12.7. The average Bonchev–Trinajstić information content (AvgIpc) is 2.51. The smallest absolute Gasteiger partial charge is 0.166 e. The maximum atomic E-state index is 13.2. The lowest BCUT2D eigenvalue weighted by molar-refractivity contribution is -0.143. The molecule has 0 N–H and O–H groups in total. The van der Waals surface area contributed by atoms with Gasteiger partial charge in [0.2, 0.25) is 0 Å². The second-order valence-electron chi connectivity index (χ2n) is 5.31. The summed E-state index contributed by atoms with van der Waals surface area (Å²) in [5, 5.41) is 0. The summed E-state index contributed by atoms with van der Waals surface area (Å²) in [7, 11) is 0. The Labute approximate surface area is 141 Å². The van der Waals surface area contributed by atoms with Gasteiger partial charge in [0, 0.05) is 0 Å². The van der Waals surface area contributed by atoms with Crippen LogP contribution in [0.4, 0.5) is 39.5 Å². The minimum atomic E-state index is -5.11. The predicted octanol–water partition coefficient (Wildman–Crippen LogP) is 6.80. The molecule has 0 saturated carbocycles. The number of alkyl halides is 9.